The molecule has 1 fully saturated rings. The third-order valence-corrected chi connectivity index (χ3v) is 5.24. The van der Waals surface area contributed by atoms with Crippen LogP contribution in [-0.4, -0.2) is 6.54 Å². The van der Waals surface area contributed by atoms with Crippen LogP contribution in [0.4, 0.5) is 0 Å². The Labute approximate surface area is 113 Å². The minimum Gasteiger partial charge on any atom is -0.389 e. The van der Waals surface area contributed by atoms with Crippen molar-refractivity contribution in [1.29, 1.82) is 0 Å². The van der Waals surface area contributed by atoms with E-state index in [2.05, 4.69) is 44.8 Å². The molecule has 0 radical (unpaired) electrons. The molecule has 1 N–H and O–H groups in total. The molecule has 0 aliphatic heterocycles. The highest BCUT2D eigenvalue weighted by molar-refractivity contribution is 5.09. The molecule has 0 aromatic carbocycles. The van der Waals surface area contributed by atoms with Crippen LogP contribution in [0.3, 0.4) is 0 Å². The van der Waals surface area contributed by atoms with Crippen LogP contribution >= 0.6 is 0 Å². The van der Waals surface area contributed by atoms with Gasteiger partial charge < -0.3 is 5.32 Å². The lowest BCUT2D eigenvalue weighted by Gasteiger charge is -2.25. The van der Waals surface area contributed by atoms with Crippen LogP contribution in [0, 0.1) is 29.6 Å². The zero-order valence-electron chi connectivity index (χ0n) is 12.3. The average molecular weight is 247 g/mol. The molecule has 0 aromatic heterocycles. The van der Waals surface area contributed by atoms with E-state index in [0.717, 1.165) is 42.6 Å². The van der Waals surface area contributed by atoms with Crippen LogP contribution in [0.1, 0.15) is 46.5 Å². The van der Waals surface area contributed by atoms with Crippen molar-refractivity contribution in [3.63, 3.8) is 0 Å². The maximum absolute atomic E-state index is 4.01. The fourth-order valence-corrected chi connectivity index (χ4v) is 4.00. The molecule has 0 heterocycles. The van der Waals surface area contributed by atoms with Gasteiger partial charge in [-0.1, -0.05) is 39.5 Å². The molecule has 0 saturated heterocycles. The van der Waals surface area contributed by atoms with E-state index in [4.69, 9.17) is 0 Å². The number of rotatable bonds is 6. The van der Waals surface area contributed by atoms with E-state index >= 15 is 0 Å². The van der Waals surface area contributed by atoms with E-state index < -0.39 is 0 Å². The van der Waals surface area contributed by atoms with Crippen molar-refractivity contribution < 1.29 is 0 Å². The van der Waals surface area contributed by atoms with Crippen molar-refractivity contribution in [2.75, 3.05) is 6.54 Å². The second-order valence-corrected chi connectivity index (χ2v) is 6.43. The third-order valence-electron chi connectivity index (χ3n) is 5.24. The second-order valence-electron chi connectivity index (χ2n) is 6.43. The summed E-state index contributed by atoms with van der Waals surface area (Å²) in [6, 6.07) is 0. The number of nitrogens with one attached hydrogen (secondary N) is 1. The number of hydrogen-bond acceptors (Lipinski definition) is 1. The fourth-order valence-electron chi connectivity index (χ4n) is 4.00. The van der Waals surface area contributed by atoms with Crippen molar-refractivity contribution in [2.24, 2.45) is 29.6 Å². The van der Waals surface area contributed by atoms with E-state index in [1.54, 1.807) is 0 Å². The Bertz CT molecular complexity index is 318. The lowest BCUT2D eigenvalue weighted by Crippen LogP contribution is -2.22. The summed E-state index contributed by atoms with van der Waals surface area (Å²) >= 11 is 0. The van der Waals surface area contributed by atoms with Gasteiger partial charge in [-0.3, -0.25) is 0 Å². The Morgan fingerprint density at radius 3 is 3.00 bits per heavy atom. The van der Waals surface area contributed by atoms with E-state index in [0.29, 0.717) is 0 Å². The lowest BCUT2D eigenvalue weighted by atomic mass is 9.81. The first kappa shape index (κ1) is 13.7. The first-order valence-corrected chi connectivity index (χ1v) is 7.71. The van der Waals surface area contributed by atoms with Crippen LogP contribution in [-0.2, 0) is 0 Å². The third kappa shape index (κ3) is 2.81. The van der Waals surface area contributed by atoms with Crippen molar-refractivity contribution in [2.45, 2.75) is 46.5 Å². The summed E-state index contributed by atoms with van der Waals surface area (Å²) in [6.45, 7) is 12.2. The van der Waals surface area contributed by atoms with Crippen LogP contribution in [0.2, 0.25) is 0 Å². The van der Waals surface area contributed by atoms with Gasteiger partial charge in [0, 0.05) is 12.2 Å². The first-order chi connectivity index (χ1) is 8.63. The van der Waals surface area contributed by atoms with Gasteiger partial charge in [0.05, 0.1) is 0 Å². The Balaban J connectivity index is 1.79. The molecule has 2 aliphatic rings. The van der Waals surface area contributed by atoms with Gasteiger partial charge in [-0.05, 0) is 55.3 Å². The monoisotopic (exact) mass is 247 g/mol. The molecule has 2 rings (SSSR count). The maximum Gasteiger partial charge on any atom is 0.0146 e. The predicted octanol–water partition coefficient (Wildman–Crippen LogP) is 4.37. The minimum absolute atomic E-state index is 0.847. The highest BCUT2D eigenvalue weighted by Gasteiger charge is 2.42. The molecular formula is C17H29N. The lowest BCUT2D eigenvalue weighted by molar-refractivity contribution is 0.255. The molecule has 0 aromatic rings. The summed E-state index contributed by atoms with van der Waals surface area (Å²) in [7, 11) is 0. The van der Waals surface area contributed by atoms with Crippen LogP contribution in [0.5, 0.6) is 0 Å². The highest BCUT2D eigenvalue weighted by atomic mass is 14.9. The quantitative estimate of drug-likeness (QED) is 0.687. The van der Waals surface area contributed by atoms with Crippen LogP contribution in [0.15, 0.2) is 24.4 Å². The van der Waals surface area contributed by atoms with Gasteiger partial charge in [0.25, 0.3) is 0 Å². The van der Waals surface area contributed by atoms with Crippen molar-refractivity contribution in [3.05, 3.63) is 24.4 Å². The summed E-state index contributed by atoms with van der Waals surface area (Å²) in [4.78, 5) is 0. The Hall–Kier alpha value is -0.720. The Morgan fingerprint density at radius 2 is 2.28 bits per heavy atom. The minimum atomic E-state index is 0.847. The zero-order valence-corrected chi connectivity index (χ0v) is 12.3. The van der Waals surface area contributed by atoms with Gasteiger partial charge in [0.15, 0.2) is 0 Å². The normalized spacial score (nSPS) is 35.5. The summed E-state index contributed by atoms with van der Waals surface area (Å²) in [5.41, 5.74) is 1.18. The molecule has 102 valence electrons. The SMILES string of the molecule is C=C(CC)NCCC(C)C1CC(C)C2C=CCC21. The van der Waals surface area contributed by atoms with Crippen molar-refractivity contribution >= 4 is 0 Å². The molecule has 18 heavy (non-hydrogen) atoms. The van der Waals surface area contributed by atoms with E-state index in [-0.39, 0.29) is 0 Å². The van der Waals surface area contributed by atoms with E-state index in [1.165, 1.54) is 25.0 Å². The highest BCUT2D eigenvalue weighted by Crippen LogP contribution is 2.50. The molecule has 5 unspecified atom stereocenters. The topological polar surface area (TPSA) is 12.0 Å². The molecule has 1 nitrogen and oxygen atoms in total. The molecular weight excluding hydrogens is 218 g/mol. The largest absolute Gasteiger partial charge is 0.389 e. The maximum atomic E-state index is 4.01. The van der Waals surface area contributed by atoms with Gasteiger partial charge in [-0.2, -0.15) is 0 Å². The fraction of sp³-hybridized carbons (Fsp3) is 0.765. The van der Waals surface area contributed by atoms with Crippen molar-refractivity contribution in [1.82, 2.24) is 5.32 Å². The summed E-state index contributed by atoms with van der Waals surface area (Å²) < 4.78 is 0. The smallest absolute Gasteiger partial charge is 0.0146 e. The van der Waals surface area contributed by atoms with Gasteiger partial charge in [-0.25, -0.2) is 0 Å². The average Bonchev–Trinajstić information content (AvgIpc) is 2.93. The standard InChI is InChI=1S/C17H29N/c1-5-14(4)18-10-9-12(2)17-11-13(3)15-7-6-8-16(15)17/h6-7,12-13,15-18H,4-5,8-11H2,1-3H3. The predicted molar refractivity (Wildman–Crippen MR) is 79.2 cm³/mol. The van der Waals surface area contributed by atoms with Gasteiger partial charge >= 0.3 is 0 Å². The van der Waals surface area contributed by atoms with E-state index in [9.17, 15) is 0 Å². The molecule has 5 atom stereocenters. The summed E-state index contributed by atoms with van der Waals surface area (Å²) in [5.74, 6) is 4.52. The Kier molecular flexibility index (Phi) is 4.53. The van der Waals surface area contributed by atoms with Gasteiger partial charge in [0.1, 0.15) is 0 Å². The second kappa shape index (κ2) is 5.95. The van der Waals surface area contributed by atoms with Gasteiger partial charge in [-0.15, -0.1) is 0 Å². The zero-order chi connectivity index (χ0) is 13.1. The molecule has 1 heteroatoms. The molecule has 1 saturated carbocycles. The molecule has 0 spiro atoms. The van der Waals surface area contributed by atoms with Crippen LogP contribution in [0.25, 0.3) is 0 Å². The van der Waals surface area contributed by atoms with E-state index in [1.807, 2.05) is 0 Å². The van der Waals surface area contributed by atoms with Crippen LogP contribution < -0.4 is 5.32 Å². The first-order valence-electron chi connectivity index (χ1n) is 7.71. The summed E-state index contributed by atoms with van der Waals surface area (Å²) in [5, 5.41) is 3.45. The number of fused-ring (bicyclic) bond motifs is 1. The molecule has 0 amide bonds. The number of hydrogen-bond donors (Lipinski definition) is 1. The molecule has 2 aliphatic carbocycles. The molecule has 0 bridgehead atoms. The summed E-state index contributed by atoms with van der Waals surface area (Å²) in [6.07, 6.45) is 10.0. The Morgan fingerprint density at radius 1 is 1.50 bits per heavy atom. The van der Waals surface area contributed by atoms with Crippen molar-refractivity contribution in [3.8, 4) is 0 Å². The van der Waals surface area contributed by atoms with Gasteiger partial charge in [0.2, 0.25) is 0 Å². The number of allylic oxidation sites excluding steroid dienone is 3.